The molecule has 0 aliphatic heterocycles. The van der Waals surface area contributed by atoms with Crippen LogP contribution in [-0.4, -0.2) is 10.7 Å². The van der Waals surface area contributed by atoms with Crippen LogP contribution in [0.3, 0.4) is 0 Å². The lowest BCUT2D eigenvalue weighted by Gasteiger charge is -2.39. The van der Waals surface area contributed by atoms with Crippen LogP contribution in [0.1, 0.15) is 37.7 Å². The van der Waals surface area contributed by atoms with Crippen LogP contribution < -0.4 is 0 Å². The summed E-state index contributed by atoms with van der Waals surface area (Å²) < 4.78 is 0. The lowest BCUT2D eigenvalue weighted by atomic mass is 9.70. The molecule has 1 N–H and O–H groups in total. The second-order valence-corrected chi connectivity index (χ2v) is 7.86. The first-order chi connectivity index (χ1) is 9.58. The number of benzene rings is 1. The lowest BCUT2D eigenvalue weighted by molar-refractivity contribution is -0.0450. The Kier molecular flexibility index (Phi) is 3.11. The fourth-order valence-corrected chi connectivity index (χ4v) is 5.98. The number of rotatable bonds is 2. The average Bonchev–Trinajstić information content (AvgIpc) is 3.05. The zero-order valence-electron chi connectivity index (χ0n) is 11.5. The Morgan fingerprint density at radius 1 is 1.15 bits per heavy atom. The van der Waals surface area contributed by atoms with Gasteiger partial charge in [0.1, 0.15) is 0 Å². The summed E-state index contributed by atoms with van der Waals surface area (Å²) in [7, 11) is 0. The van der Waals surface area contributed by atoms with Crippen molar-refractivity contribution in [3.05, 3.63) is 33.8 Å². The maximum absolute atomic E-state index is 11.2. The van der Waals surface area contributed by atoms with Gasteiger partial charge in [-0.3, -0.25) is 0 Å². The molecule has 3 saturated carbocycles. The highest BCUT2D eigenvalue weighted by molar-refractivity contribution is 6.36. The third-order valence-electron chi connectivity index (χ3n) is 6.15. The molecule has 20 heavy (non-hydrogen) atoms. The van der Waals surface area contributed by atoms with Gasteiger partial charge in [-0.15, -0.1) is 0 Å². The molecule has 1 nitrogen and oxygen atoms in total. The quantitative estimate of drug-likeness (QED) is 0.837. The topological polar surface area (TPSA) is 20.2 Å². The van der Waals surface area contributed by atoms with Gasteiger partial charge in [0.2, 0.25) is 0 Å². The predicted molar refractivity (Wildman–Crippen MR) is 82.2 cm³/mol. The van der Waals surface area contributed by atoms with Crippen molar-refractivity contribution in [3.63, 3.8) is 0 Å². The minimum absolute atomic E-state index is 0.465. The van der Waals surface area contributed by atoms with E-state index in [9.17, 15) is 5.11 Å². The van der Waals surface area contributed by atoms with Crippen molar-refractivity contribution in [2.75, 3.05) is 0 Å². The maximum Gasteiger partial charge on any atom is 0.0722 e. The van der Waals surface area contributed by atoms with E-state index in [-0.39, 0.29) is 0 Å². The van der Waals surface area contributed by atoms with Crippen molar-refractivity contribution in [2.24, 2.45) is 23.7 Å². The molecule has 0 spiro atoms. The summed E-state index contributed by atoms with van der Waals surface area (Å²) >= 11 is 12.6. The van der Waals surface area contributed by atoms with Gasteiger partial charge in [0.25, 0.3) is 0 Å². The van der Waals surface area contributed by atoms with Gasteiger partial charge >= 0.3 is 0 Å². The summed E-state index contributed by atoms with van der Waals surface area (Å²) in [4.78, 5) is 0. The van der Waals surface area contributed by atoms with Crippen molar-refractivity contribution in [3.8, 4) is 0 Å². The summed E-state index contributed by atoms with van der Waals surface area (Å²) in [5.41, 5.74) is 0.352. The first-order valence-electron chi connectivity index (χ1n) is 7.74. The Morgan fingerprint density at radius 3 is 2.60 bits per heavy atom. The minimum Gasteiger partial charge on any atom is -0.389 e. The van der Waals surface area contributed by atoms with Crippen LogP contribution in [0.4, 0.5) is 0 Å². The zero-order chi connectivity index (χ0) is 13.9. The number of hydrogen-bond donors (Lipinski definition) is 1. The Hall–Kier alpha value is -0.240. The van der Waals surface area contributed by atoms with E-state index in [1.54, 1.807) is 0 Å². The van der Waals surface area contributed by atoms with Crippen LogP contribution in [0.2, 0.25) is 10.0 Å². The van der Waals surface area contributed by atoms with Crippen LogP contribution >= 0.6 is 23.2 Å². The van der Waals surface area contributed by atoms with Gasteiger partial charge in [-0.25, -0.2) is 0 Å². The number of halogens is 2. The second kappa shape index (κ2) is 4.63. The van der Waals surface area contributed by atoms with Crippen molar-refractivity contribution in [1.29, 1.82) is 0 Å². The lowest BCUT2D eigenvalue weighted by Crippen LogP contribution is -2.43. The second-order valence-electron chi connectivity index (χ2n) is 7.05. The Bertz CT molecular complexity index is 524. The molecule has 2 bridgehead atoms. The van der Waals surface area contributed by atoms with Crippen LogP contribution in [0.25, 0.3) is 0 Å². The summed E-state index contributed by atoms with van der Waals surface area (Å²) in [6, 6.07) is 5.61. The van der Waals surface area contributed by atoms with E-state index in [1.807, 2.05) is 18.2 Å². The van der Waals surface area contributed by atoms with Gasteiger partial charge in [0.05, 0.1) is 5.60 Å². The molecule has 5 unspecified atom stereocenters. The van der Waals surface area contributed by atoms with Gasteiger partial charge in [0, 0.05) is 16.5 Å². The van der Waals surface area contributed by atoms with Crippen LogP contribution in [0.5, 0.6) is 0 Å². The Balaban J connectivity index is 1.63. The molecule has 0 saturated heterocycles. The third-order valence-corrected chi connectivity index (χ3v) is 6.86. The fraction of sp³-hybridized carbons (Fsp3) is 0.647. The largest absolute Gasteiger partial charge is 0.389 e. The minimum atomic E-state index is -0.579. The Morgan fingerprint density at radius 2 is 1.85 bits per heavy atom. The van der Waals surface area contributed by atoms with E-state index in [4.69, 9.17) is 23.2 Å². The summed E-state index contributed by atoms with van der Waals surface area (Å²) in [6.07, 6.45) is 6.83. The average molecular weight is 311 g/mol. The fourth-order valence-electron chi connectivity index (χ4n) is 5.45. The predicted octanol–water partition coefficient (Wildman–Crippen LogP) is 4.72. The molecule has 0 amide bonds. The molecule has 108 valence electrons. The summed E-state index contributed by atoms with van der Waals surface area (Å²) in [6.45, 7) is 0. The summed E-state index contributed by atoms with van der Waals surface area (Å²) in [5, 5.41) is 12.6. The van der Waals surface area contributed by atoms with E-state index in [0.29, 0.717) is 22.4 Å². The standard InChI is InChI=1S/C17H20Cl2O/c18-15-5-2-6-16(19)13(15)9-17(20)8-10-7-14(17)12-4-1-3-11(10)12/h2,5-6,10-12,14,20H,1,3-4,7-9H2. The van der Waals surface area contributed by atoms with Gasteiger partial charge in [-0.1, -0.05) is 35.7 Å². The van der Waals surface area contributed by atoms with Gasteiger partial charge < -0.3 is 5.11 Å². The third kappa shape index (κ3) is 1.86. The van der Waals surface area contributed by atoms with Crippen molar-refractivity contribution in [1.82, 2.24) is 0 Å². The SMILES string of the molecule is OC1(Cc2c(Cl)cccc2Cl)CC2CC1C1CCCC21. The molecule has 3 aliphatic carbocycles. The molecule has 3 aliphatic rings. The first kappa shape index (κ1) is 13.4. The monoisotopic (exact) mass is 310 g/mol. The van der Waals surface area contributed by atoms with E-state index in [2.05, 4.69) is 0 Å². The number of aliphatic hydroxyl groups is 1. The summed E-state index contributed by atoms with van der Waals surface area (Å²) in [5.74, 6) is 2.84. The highest BCUT2D eigenvalue weighted by Crippen LogP contribution is 2.63. The highest BCUT2D eigenvalue weighted by Gasteiger charge is 2.60. The molecule has 0 heterocycles. The zero-order valence-corrected chi connectivity index (χ0v) is 13.0. The highest BCUT2D eigenvalue weighted by atomic mass is 35.5. The number of hydrogen-bond acceptors (Lipinski definition) is 1. The van der Waals surface area contributed by atoms with E-state index in [0.717, 1.165) is 29.7 Å². The van der Waals surface area contributed by atoms with Crippen LogP contribution in [0, 0.1) is 23.7 Å². The first-order valence-corrected chi connectivity index (χ1v) is 8.49. The molecule has 3 heteroatoms. The Labute approximate surface area is 130 Å². The molecule has 0 radical (unpaired) electrons. The molecule has 0 aromatic heterocycles. The van der Waals surface area contributed by atoms with Gasteiger partial charge in [0.15, 0.2) is 0 Å². The van der Waals surface area contributed by atoms with E-state index >= 15 is 0 Å². The molecular formula is C17H20Cl2O. The molecule has 4 rings (SSSR count). The van der Waals surface area contributed by atoms with E-state index < -0.39 is 5.60 Å². The van der Waals surface area contributed by atoms with E-state index in [1.165, 1.54) is 25.7 Å². The molecular weight excluding hydrogens is 291 g/mol. The van der Waals surface area contributed by atoms with Crippen molar-refractivity contribution in [2.45, 2.75) is 44.1 Å². The normalized spacial score (nSPS) is 42.1. The molecule has 1 aromatic rings. The smallest absolute Gasteiger partial charge is 0.0722 e. The van der Waals surface area contributed by atoms with Crippen LogP contribution in [0.15, 0.2) is 18.2 Å². The van der Waals surface area contributed by atoms with Crippen molar-refractivity contribution >= 4 is 23.2 Å². The van der Waals surface area contributed by atoms with Crippen molar-refractivity contribution < 1.29 is 5.11 Å². The van der Waals surface area contributed by atoms with Gasteiger partial charge in [-0.2, -0.15) is 0 Å². The van der Waals surface area contributed by atoms with Gasteiger partial charge in [-0.05, 0) is 67.1 Å². The molecule has 5 atom stereocenters. The number of fused-ring (bicyclic) bond motifs is 5. The molecule has 3 fully saturated rings. The molecule has 1 aromatic carbocycles. The van der Waals surface area contributed by atoms with Crippen LogP contribution in [-0.2, 0) is 6.42 Å². The maximum atomic E-state index is 11.2.